The molecule has 2 rings (SSSR count). The largest absolute Gasteiger partial charge is 0.324 e. The van der Waals surface area contributed by atoms with E-state index in [0.717, 1.165) is 0 Å². The second-order valence-electron chi connectivity index (χ2n) is 3.45. The molecule has 0 aliphatic carbocycles. The van der Waals surface area contributed by atoms with Gasteiger partial charge in [0, 0.05) is 16.9 Å². The molecule has 1 aromatic heterocycles. The van der Waals surface area contributed by atoms with Gasteiger partial charge in [0.2, 0.25) is 0 Å². The fourth-order valence-corrected chi connectivity index (χ4v) is 1.44. The average molecular weight is 266 g/mol. The van der Waals surface area contributed by atoms with Crippen molar-refractivity contribution in [3.63, 3.8) is 0 Å². The number of pyridine rings is 1. The highest BCUT2D eigenvalue weighted by atomic mass is 35.5. The summed E-state index contributed by atoms with van der Waals surface area (Å²) in [4.78, 5) is 15.5. The predicted molar refractivity (Wildman–Crippen MR) is 68.3 cm³/mol. The van der Waals surface area contributed by atoms with Crippen LogP contribution < -0.4 is 10.6 Å². The van der Waals surface area contributed by atoms with Crippen molar-refractivity contribution < 1.29 is 9.18 Å². The lowest BCUT2D eigenvalue weighted by atomic mass is 10.3. The topological polar surface area (TPSA) is 54.0 Å². The van der Waals surface area contributed by atoms with Crippen molar-refractivity contribution in [2.45, 2.75) is 0 Å². The molecule has 0 fully saturated rings. The summed E-state index contributed by atoms with van der Waals surface area (Å²) in [6.07, 6.45) is 1.48. The fraction of sp³-hybridized carbons (Fsp3) is 0. The third-order valence-corrected chi connectivity index (χ3v) is 2.30. The molecule has 1 heterocycles. The number of hydrogen-bond acceptors (Lipinski definition) is 2. The van der Waals surface area contributed by atoms with Crippen LogP contribution in [-0.4, -0.2) is 11.0 Å². The van der Waals surface area contributed by atoms with Crippen molar-refractivity contribution in [2.24, 2.45) is 0 Å². The van der Waals surface area contributed by atoms with Gasteiger partial charge in [0.15, 0.2) is 0 Å². The van der Waals surface area contributed by atoms with Crippen LogP contribution in [0.5, 0.6) is 0 Å². The van der Waals surface area contributed by atoms with E-state index in [-0.39, 0.29) is 5.82 Å². The maximum absolute atomic E-state index is 12.7. The number of carbonyl (C=O) groups is 1. The van der Waals surface area contributed by atoms with E-state index < -0.39 is 6.03 Å². The number of nitrogens with zero attached hydrogens (tertiary/aromatic N) is 1. The van der Waals surface area contributed by atoms with Gasteiger partial charge in [-0.25, -0.2) is 14.2 Å². The first kappa shape index (κ1) is 12.3. The molecule has 0 atom stereocenters. The molecule has 92 valence electrons. The zero-order valence-corrected chi connectivity index (χ0v) is 9.91. The molecule has 2 aromatic rings. The van der Waals surface area contributed by atoms with Gasteiger partial charge < -0.3 is 5.32 Å². The Bertz CT molecular complexity index is 560. The first-order valence-corrected chi connectivity index (χ1v) is 5.46. The lowest BCUT2D eigenvalue weighted by molar-refractivity contribution is 0.262. The molecule has 6 heteroatoms. The molecule has 0 spiro atoms. The summed E-state index contributed by atoms with van der Waals surface area (Å²) in [7, 11) is 0. The van der Waals surface area contributed by atoms with E-state index in [2.05, 4.69) is 15.6 Å². The number of urea groups is 1. The van der Waals surface area contributed by atoms with Crippen LogP contribution in [0.15, 0.2) is 42.6 Å². The number of carbonyl (C=O) groups excluding carboxylic acids is 1. The molecule has 2 amide bonds. The molecule has 1 aromatic carbocycles. The summed E-state index contributed by atoms with van der Waals surface area (Å²) in [5, 5.41) is 5.52. The Morgan fingerprint density at radius 1 is 1.17 bits per heavy atom. The zero-order chi connectivity index (χ0) is 13.0. The van der Waals surface area contributed by atoms with Gasteiger partial charge in [-0.15, -0.1) is 0 Å². The van der Waals surface area contributed by atoms with Crippen molar-refractivity contribution in [1.29, 1.82) is 0 Å². The van der Waals surface area contributed by atoms with Gasteiger partial charge in [-0.05, 0) is 36.4 Å². The maximum atomic E-state index is 12.7. The summed E-state index contributed by atoms with van der Waals surface area (Å²) < 4.78 is 12.7. The van der Waals surface area contributed by atoms with Gasteiger partial charge in [-0.3, -0.25) is 5.32 Å². The normalized spacial score (nSPS) is 9.89. The Labute approximate surface area is 108 Å². The average Bonchev–Trinajstić information content (AvgIpc) is 2.32. The van der Waals surface area contributed by atoms with Crippen molar-refractivity contribution in [3.05, 3.63) is 53.4 Å². The minimum atomic E-state index is -0.476. The van der Waals surface area contributed by atoms with E-state index in [9.17, 15) is 9.18 Å². The van der Waals surface area contributed by atoms with Crippen LogP contribution in [0.1, 0.15) is 0 Å². The van der Waals surface area contributed by atoms with Crippen LogP contribution in [-0.2, 0) is 0 Å². The van der Waals surface area contributed by atoms with E-state index >= 15 is 0 Å². The molecule has 0 aliphatic heterocycles. The molecule has 0 saturated carbocycles. The maximum Gasteiger partial charge on any atom is 0.324 e. The van der Waals surface area contributed by atoms with Gasteiger partial charge in [0.05, 0.1) is 0 Å². The van der Waals surface area contributed by atoms with E-state index in [1.54, 1.807) is 6.07 Å². The second kappa shape index (κ2) is 5.46. The number of halogens is 2. The fourth-order valence-electron chi connectivity index (χ4n) is 1.29. The Morgan fingerprint density at radius 3 is 2.56 bits per heavy atom. The summed E-state index contributed by atoms with van der Waals surface area (Å²) >= 11 is 5.75. The van der Waals surface area contributed by atoms with Crippen LogP contribution in [0.2, 0.25) is 5.02 Å². The quantitative estimate of drug-likeness (QED) is 0.873. The monoisotopic (exact) mass is 265 g/mol. The molecule has 0 unspecified atom stereocenters. The van der Waals surface area contributed by atoms with Crippen molar-refractivity contribution in [2.75, 3.05) is 10.6 Å². The molecule has 2 N–H and O–H groups in total. The number of aromatic nitrogens is 1. The van der Waals surface area contributed by atoms with Crippen LogP contribution in [0.25, 0.3) is 0 Å². The number of benzene rings is 1. The Morgan fingerprint density at radius 2 is 1.89 bits per heavy atom. The highest BCUT2D eigenvalue weighted by Gasteiger charge is 2.03. The molecule has 18 heavy (non-hydrogen) atoms. The van der Waals surface area contributed by atoms with Gasteiger partial charge in [-0.2, -0.15) is 0 Å². The predicted octanol–water partition coefficient (Wildman–Crippen LogP) is 3.52. The SMILES string of the molecule is O=C(Nc1ccc(F)cc1)Nc1cc(Cl)ccn1. The van der Waals surface area contributed by atoms with Crippen LogP contribution in [0.3, 0.4) is 0 Å². The number of amides is 2. The van der Waals surface area contributed by atoms with Crippen LogP contribution >= 0.6 is 11.6 Å². The molecule has 4 nitrogen and oxygen atoms in total. The van der Waals surface area contributed by atoms with E-state index in [1.807, 2.05) is 0 Å². The highest BCUT2D eigenvalue weighted by Crippen LogP contribution is 2.13. The summed E-state index contributed by atoms with van der Waals surface area (Å²) in [6, 6.07) is 8.08. The Hall–Kier alpha value is -2.14. The summed E-state index contributed by atoms with van der Waals surface area (Å²) in [5.74, 6) is -0.0282. The minimum Gasteiger partial charge on any atom is -0.308 e. The molecular formula is C12H9ClFN3O. The third kappa shape index (κ3) is 3.43. The number of nitrogens with one attached hydrogen (secondary N) is 2. The van der Waals surface area contributed by atoms with E-state index in [1.165, 1.54) is 36.5 Å². The first-order chi connectivity index (χ1) is 8.63. The lowest BCUT2D eigenvalue weighted by Crippen LogP contribution is -2.19. The Balaban J connectivity index is 1.98. The van der Waals surface area contributed by atoms with Gasteiger partial charge in [0.1, 0.15) is 11.6 Å². The number of hydrogen-bond donors (Lipinski definition) is 2. The number of rotatable bonds is 2. The smallest absolute Gasteiger partial charge is 0.308 e. The number of anilines is 2. The van der Waals surface area contributed by atoms with Gasteiger partial charge >= 0.3 is 6.03 Å². The molecule has 0 aliphatic rings. The standard InChI is InChI=1S/C12H9ClFN3O/c13-8-5-6-15-11(7-8)17-12(18)16-10-3-1-9(14)2-4-10/h1-7H,(H2,15,16,17,18). The highest BCUT2D eigenvalue weighted by molar-refractivity contribution is 6.30. The van der Waals surface area contributed by atoms with Crippen LogP contribution in [0.4, 0.5) is 20.7 Å². The zero-order valence-electron chi connectivity index (χ0n) is 9.15. The molecule has 0 bridgehead atoms. The molecular weight excluding hydrogens is 257 g/mol. The van der Waals surface area contributed by atoms with Crippen LogP contribution in [0, 0.1) is 5.82 Å². The van der Waals surface area contributed by atoms with Crippen molar-refractivity contribution in [3.8, 4) is 0 Å². The van der Waals surface area contributed by atoms with E-state index in [4.69, 9.17) is 11.6 Å². The van der Waals surface area contributed by atoms with Gasteiger partial charge in [-0.1, -0.05) is 11.6 Å². The molecule has 0 radical (unpaired) electrons. The Kier molecular flexibility index (Phi) is 3.74. The third-order valence-electron chi connectivity index (χ3n) is 2.07. The second-order valence-corrected chi connectivity index (χ2v) is 3.88. The van der Waals surface area contributed by atoms with E-state index in [0.29, 0.717) is 16.5 Å². The summed E-state index contributed by atoms with van der Waals surface area (Å²) in [6.45, 7) is 0. The minimum absolute atomic E-state index is 0.335. The summed E-state index contributed by atoms with van der Waals surface area (Å²) in [5.41, 5.74) is 0.482. The lowest BCUT2D eigenvalue weighted by Gasteiger charge is -2.06. The van der Waals surface area contributed by atoms with Crippen molar-refractivity contribution >= 4 is 29.1 Å². The molecule has 0 saturated heterocycles. The first-order valence-electron chi connectivity index (χ1n) is 5.08. The van der Waals surface area contributed by atoms with Gasteiger partial charge in [0.25, 0.3) is 0 Å². The van der Waals surface area contributed by atoms with Crippen molar-refractivity contribution in [1.82, 2.24) is 4.98 Å².